The Labute approximate surface area is 200 Å². The fourth-order valence-corrected chi connectivity index (χ4v) is 4.10. The van der Waals surface area contributed by atoms with Crippen LogP contribution >= 0.6 is 11.6 Å². The number of rotatable bonds is 5. The predicted octanol–water partition coefficient (Wildman–Crippen LogP) is 2.68. The number of nitrogens with zero attached hydrogens (tertiary/aromatic N) is 4. The largest absolute Gasteiger partial charge is 0.444 e. The first kappa shape index (κ1) is 23.6. The van der Waals surface area contributed by atoms with Crippen LogP contribution in [-0.4, -0.2) is 41.9 Å². The average molecular weight is 487 g/mol. The molecule has 3 aromatic heterocycles. The molecule has 180 valence electrons. The van der Waals surface area contributed by atoms with Crippen LogP contribution in [0, 0.1) is 0 Å². The second kappa shape index (κ2) is 8.68. The van der Waals surface area contributed by atoms with Gasteiger partial charge in [0, 0.05) is 48.7 Å². The Bertz CT molecular complexity index is 1520. The fourth-order valence-electron chi connectivity index (χ4n) is 3.87. The number of aryl methyl sites for hydroxylation is 2. The minimum atomic E-state index is -0.596. The Hall–Kier alpha value is -3.53. The topological polar surface area (TPSA) is 116 Å². The number of ether oxygens (including phenoxy) is 1. The molecule has 0 atom stereocenters. The van der Waals surface area contributed by atoms with Crippen LogP contribution in [0.5, 0.6) is 0 Å². The van der Waals surface area contributed by atoms with Crippen LogP contribution in [0.2, 0.25) is 5.02 Å². The second-order valence-electron chi connectivity index (χ2n) is 9.17. The molecule has 0 aliphatic heterocycles. The summed E-state index contributed by atoms with van der Waals surface area (Å²) in [5, 5.41) is 4.09. The SMILES string of the molecule is Cn1c(CCNC(=O)OC(C)(C)C)nc2c1c(=O)n(Cc1cc3c(Cl)cccc3[nH]1)c(=O)n2C. The summed E-state index contributed by atoms with van der Waals surface area (Å²) in [4.78, 5) is 45.9. The second-order valence-corrected chi connectivity index (χ2v) is 9.57. The summed E-state index contributed by atoms with van der Waals surface area (Å²) in [6.45, 7) is 5.69. The molecule has 4 aromatic rings. The molecule has 4 rings (SSSR count). The third-order valence-electron chi connectivity index (χ3n) is 5.46. The van der Waals surface area contributed by atoms with Gasteiger partial charge in [-0.25, -0.2) is 14.6 Å². The predicted molar refractivity (Wildman–Crippen MR) is 131 cm³/mol. The number of benzene rings is 1. The summed E-state index contributed by atoms with van der Waals surface area (Å²) in [5.41, 5.74) is 0.605. The van der Waals surface area contributed by atoms with Gasteiger partial charge in [0.25, 0.3) is 5.56 Å². The minimum Gasteiger partial charge on any atom is -0.444 e. The van der Waals surface area contributed by atoms with E-state index in [0.29, 0.717) is 34.1 Å². The number of fused-ring (bicyclic) bond motifs is 2. The monoisotopic (exact) mass is 486 g/mol. The number of carbonyl (C=O) groups is 1. The summed E-state index contributed by atoms with van der Waals surface area (Å²) < 4.78 is 9.42. The number of amides is 1. The van der Waals surface area contributed by atoms with E-state index in [1.165, 1.54) is 9.13 Å². The molecule has 0 spiro atoms. The van der Waals surface area contributed by atoms with E-state index >= 15 is 0 Å². The Kier molecular flexibility index (Phi) is 6.03. The lowest BCUT2D eigenvalue weighted by Gasteiger charge is -2.19. The van der Waals surface area contributed by atoms with Crippen molar-refractivity contribution in [3.8, 4) is 0 Å². The van der Waals surface area contributed by atoms with Gasteiger partial charge in [-0.2, -0.15) is 0 Å². The van der Waals surface area contributed by atoms with Crippen LogP contribution in [0.25, 0.3) is 22.1 Å². The summed E-state index contributed by atoms with van der Waals surface area (Å²) in [6, 6.07) is 7.34. The number of hydrogen-bond donors (Lipinski definition) is 2. The Morgan fingerprint density at radius 3 is 2.62 bits per heavy atom. The number of aromatic amines is 1. The quantitative estimate of drug-likeness (QED) is 0.450. The lowest BCUT2D eigenvalue weighted by atomic mass is 10.2. The molecular weight excluding hydrogens is 460 g/mol. The minimum absolute atomic E-state index is 0.0627. The van der Waals surface area contributed by atoms with Crippen molar-refractivity contribution in [1.29, 1.82) is 0 Å². The summed E-state index contributed by atoms with van der Waals surface area (Å²) in [6.07, 6.45) is -0.169. The zero-order valence-corrected chi connectivity index (χ0v) is 20.5. The van der Waals surface area contributed by atoms with E-state index < -0.39 is 22.9 Å². The summed E-state index contributed by atoms with van der Waals surface area (Å²) >= 11 is 6.26. The number of imidazole rings is 1. The molecular formula is C23H27ClN6O4. The lowest BCUT2D eigenvalue weighted by molar-refractivity contribution is 0.0528. The zero-order chi connectivity index (χ0) is 24.8. The zero-order valence-electron chi connectivity index (χ0n) is 19.7. The van der Waals surface area contributed by atoms with Crippen LogP contribution in [-0.2, 0) is 31.8 Å². The fraction of sp³-hybridized carbons (Fsp3) is 0.391. The number of alkyl carbamates (subject to hydrolysis) is 1. The molecule has 2 N–H and O–H groups in total. The first-order chi connectivity index (χ1) is 16.0. The number of nitrogens with one attached hydrogen (secondary N) is 2. The van der Waals surface area contributed by atoms with Gasteiger partial charge >= 0.3 is 11.8 Å². The molecule has 0 aliphatic rings. The highest BCUT2D eigenvalue weighted by Crippen LogP contribution is 2.24. The van der Waals surface area contributed by atoms with E-state index in [4.69, 9.17) is 16.3 Å². The summed E-state index contributed by atoms with van der Waals surface area (Å²) in [7, 11) is 3.30. The van der Waals surface area contributed by atoms with Crippen molar-refractivity contribution in [2.45, 2.75) is 39.3 Å². The molecule has 0 unspecified atom stereocenters. The van der Waals surface area contributed by atoms with Crippen LogP contribution in [0.4, 0.5) is 4.79 Å². The van der Waals surface area contributed by atoms with Crippen molar-refractivity contribution in [2.24, 2.45) is 14.1 Å². The van der Waals surface area contributed by atoms with Gasteiger partial charge in [-0.3, -0.25) is 13.9 Å². The first-order valence-electron chi connectivity index (χ1n) is 10.8. The molecule has 34 heavy (non-hydrogen) atoms. The van der Waals surface area contributed by atoms with E-state index in [9.17, 15) is 14.4 Å². The van der Waals surface area contributed by atoms with Gasteiger partial charge in [0.15, 0.2) is 11.2 Å². The number of halogens is 1. The van der Waals surface area contributed by atoms with Gasteiger partial charge < -0.3 is 19.6 Å². The van der Waals surface area contributed by atoms with Crippen molar-refractivity contribution in [2.75, 3.05) is 6.54 Å². The molecule has 1 amide bonds. The maximum absolute atomic E-state index is 13.3. The molecule has 3 heterocycles. The molecule has 0 fully saturated rings. The molecule has 0 saturated carbocycles. The molecule has 0 radical (unpaired) electrons. The summed E-state index contributed by atoms with van der Waals surface area (Å²) in [5.74, 6) is 0.563. The van der Waals surface area contributed by atoms with Crippen molar-refractivity contribution in [1.82, 2.24) is 29.0 Å². The van der Waals surface area contributed by atoms with Gasteiger partial charge in [0.1, 0.15) is 11.4 Å². The molecule has 0 bridgehead atoms. The van der Waals surface area contributed by atoms with E-state index in [1.54, 1.807) is 45.5 Å². The standard InChI is InChI=1S/C23H27ClN6O4/c1-23(2,3)34-21(32)25-10-9-17-27-19-18(28(17)4)20(31)30(22(33)29(19)5)12-13-11-14-15(24)7-6-8-16(14)26-13/h6-8,11,26H,9-10,12H2,1-5H3,(H,25,32). The number of H-pyrrole nitrogens is 1. The van der Waals surface area contributed by atoms with Gasteiger partial charge in [-0.05, 0) is 39.0 Å². The average Bonchev–Trinajstić information content (AvgIpc) is 3.30. The third-order valence-corrected chi connectivity index (χ3v) is 5.79. The number of carbonyl (C=O) groups excluding carboxylic acids is 1. The lowest BCUT2D eigenvalue weighted by Crippen LogP contribution is -2.39. The maximum Gasteiger partial charge on any atom is 0.407 e. The molecule has 10 nitrogen and oxygen atoms in total. The maximum atomic E-state index is 13.3. The molecule has 0 saturated heterocycles. The highest BCUT2D eigenvalue weighted by atomic mass is 35.5. The van der Waals surface area contributed by atoms with E-state index in [0.717, 1.165) is 10.9 Å². The van der Waals surface area contributed by atoms with E-state index in [1.807, 2.05) is 18.2 Å². The van der Waals surface area contributed by atoms with Crippen LogP contribution in [0.3, 0.4) is 0 Å². The smallest absolute Gasteiger partial charge is 0.407 e. The van der Waals surface area contributed by atoms with Gasteiger partial charge in [0.2, 0.25) is 0 Å². The van der Waals surface area contributed by atoms with Crippen molar-refractivity contribution < 1.29 is 9.53 Å². The van der Waals surface area contributed by atoms with Crippen LogP contribution < -0.4 is 16.6 Å². The molecule has 0 aliphatic carbocycles. The van der Waals surface area contributed by atoms with Gasteiger partial charge in [0.05, 0.1) is 6.54 Å². The Morgan fingerprint density at radius 2 is 1.94 bits per heavy atom. The van der Waals surface area contributed by atoms with Crippen molar-refractivity contribution in [3.05, 3.63) is 61.6 Å². The van der Waals surface area contributed by atoms with Crippen LogP contribution in [0.15, 0.2) is 33.9 Å². The molecule has 11 heteroatoms. The van der Waals surface area contributed by atoms with Crippen molar-refractivity contribution in [3.63, 3.8) is 0 Å². The van der Waals surface area contributed by atoms with Crippen molar-refractivity contribution >= 4 is 39.8 Å². The Morgan fingerprint density at radius 1 is 1.21 bits per heavy atom. The normalized spacial score (nSPS) is 11.9. The Balaban J connectivity index is 1.64. The highest BCUT2D eigenvalue weighted by Gasteiger charge is 2.20. The van der Waals surface area contributed by atoms with E-state index in [-0.39, 0.29) is 13.1 Å². The third kappa shape index (κ3) is 4.45. The van der Waals surface area contributed by atoms with Crippen LogP contribution in [0.1, 0.15) is 32.3 Å². The number of aromatic nitrogens is 5. The first-order valence-corrected chi connectivity index (χ1v) is 11.2. The van der Waals surface area contributed by atoms with E-state index in [2.05, 4.69) is 15.3 Å². The highest BCUT2D eigenvalue weighted by molar-refractivity contribution is 6.35. The number of hydrogen-bond acceptors (Lipinski definition) is 5. The van der Waals surface area contributed by atoms with Gasteiger partial charge in [-0.15, -0.1) is 0 Å². The van der Waals surface area contributed by atoms with Gasteiger partial charge in [-0.1, -0.05) is 17.7 Å². The molecule has 1 aromatic carbocycles.